The van der Waals surface area contributed by atoms with Crippen molar-refractivity contribution in [2.45, 2.75) is 19.5 Å². The molecular weight excluding hydrogens is 476 g/mol. The van der Waals surface area contributed by atoms with Crippen LogP contribution in [0.3, 0.4) is 0 Å². The van der Waals surface area contributed by atoms with Crippen molar-refractivity contribution in [3.05, 3.63) is 92.3 Å². The molecule has 0 aliphatic carbocycles. The number of aliphatic hydroxyl groups excluding tert-OH is 1. The summed E-state index contributed by atoms with van der Waals surface area (Å²) in [5.41, 5.74) is 2.02. The largest absolute Gasteiger partial charge is 0.503 e. The molecule has 4 aromatic rings. The number of benzene rings is 1. The molecule has 1 amide bonds. The Morgan fingerprint density at radius 1 is 1.32 bits per heavy atom. The lowest BCUT2D eigenvalue weighted by molar-refractivity contribution is -0.130. The van der Waals surface area contributed by atoms with E-state index < -0.39 is 23.5 Å². The van der Waals surface area contributed by atoms with E-state index in [4.69, 9.17) is 20.8 Å². The van der Waals surface area contributed by atoms with Crippen molar-refractivity contribution in [2.24, 2.45) is 0 Å². The first-order valence-electron chi connectivity index (χ1n) is 10.4. The van der Waals surface area contributed by atoms with E-state index in [2.05, 4.69) is 4.98 Å². The van der Waals surface area contributed by atoms with Crippen LogP contribution >= 0.6 is 22.9 Å². The van der Waals surface area contributed by atoms with Crippen LogP contribution in [-0.2, 0) is 11.3 Å². The van der Waals surface area contributed by atoms with Crippen molar-refractivity contribution in [2.75, 3.05) is 7.11 Å². The molecule has 1 atom stereocenters. The Balaban J connectivity index is 1.61. The molecule has 1 N–H and O–H groups in total. The number of aliphatic hydroxyl groups is 1. The first-order chi connectivity index (χ1) is 16.4. The van der Waals surface area contributed by atoms with Crippen molar-refractivity contribution >= 4 is 45.6 Å². The second-order valence-electron chi connectivity index (χ2n) is 7.89. The molecule has 0 radical (unpaired) electrons. The quantitative estimate of drug-likeness (QED) is 0.349. The smallest absolute Gasteiger partial charge is 0.290 e. The van der Waals surface area contributed by atoms with E-state index in [1.165, 1.54) is 23.3 Å². The normalized spacial score (nSPS) is 16.0. The Hall–Kier alpha value is -3.62. The van der Waals surface area contributed by atoms with Crippen LogP contribution in [-0.4, -0.2) is 33.8 Å². The predicted molar refractivity (Wildman–Crippen MR) is 128 cm³/mol. The van der Waals surface area contributed by atoms with Crippen molar-refractivity contribution in [3.63, 3.8) is 0 Å². The second kappa shape index (κ2) is 8.62. The SMILES string of the molecule is COc1cc(Cl)cc2cc(C(=O)C3=C(O)C(=O)N(Cc4cccnc4)C3c3sccc3C)oc12. The van der Waals surface area contributed by atoms with E-state index in [0.717, 1.165) is 16.0 Å². The number of ether oxygens (including phenoxy) is 1. The van der Waals surface area contributed by atoms with Gasteiger partial charge in [0.05, 0.1) is 12.7 Å². The molecule has 0 saturated heterocycles. The van der Waals surface area contributed by atoms with Crippen molar-refractivity contribution in [1.82, 2.24) is 9.88 Å². The number of nitrogens with zero attached hydrogens (tertiary/aromatic N) is 2. The minimum absolute atomic E-state index is 0.0210. The highest BCUT2D eigenvalue weighted by Gasteiger charge is 2.45. The van der Waals surface area contributed by atoms with Gasteiger partial charge in [0.1, 0.15) is 6.04 Å². The zero-order chi connectivity index (χ0) is 24.0. The molecule has 34 heavy (non-hydrogen) atoms. The number of fused-ring (bicyclic) bond motifs is 1. The monoisotopic (exact) mass is 494 g/mol. The lowest BCUT2D eigenvalue weighted by Gasteiger charge is -2.26. The fourth-order valence-electron chi connectivity index (χ4n) is 4.16. The van der Waals surface area contributed by atoms with Gasteiger partial charge in [-0.2, -0.15) is 0 Å². The summed E-state index contributed by atoms with van der Waals surface area (Å²) in [6, 6.07) is 9.54. The summed E-state index contributed by atoms with van der Waals surface area (Å²) < 4.78 is 11.2. The number of thiophene rings is 1. The molecular formula is C25H19ClN2O5S. The number of amides is 1. The van der Waals surface area contributed by atoms with Gasteiger partial charge in [-0.15, -0.1) is 11.3 Å². The standard InChI is InChI=1S/C25H19ClN2O5S/c1-13-5-7-34-24(13)20-19(22(30)25(31)28(20)12-14-4-3-6-27-11-14)21(29)17-9-15-8-16(26)10-18(32-2)23(15)33-17/h3-11,20,30H,12H2,1-2H3. The van der Waals surface area contributed by atoms with Crippen LogP contribution < -0.4 is 4.74 Å². The summed E-state index contributed by atoms with van der Waals surface area (Å²) in [6.45, 7) is 2.09. The molecule has 1 aliphatic heterocycles. The van der Waals surface area contributed by atoms with Gasteiger partial charge in [0.2, 0.25) is 5.78 Å². The molecule has 0 spiro atoms. The van der Waals surface area contributed by atoms with Gasteiger partial charge in [0.25, 0.3) is 5.91 Å². The molecule has 1 unspecified atom stereocenters. The van der Waals surface area contributed by atoms with E-state index in [9.17, 15) is 14.7 Å². The Morgan fingerprint density at radius 2 is 2.15 bits per heavy atom. The van der Waals surface area contributed by atoms with E-state index in [-0.39, 0.29) is 17.9 Å². The number of hydrogen-bond donors (Lipinski definition) is 1. The summed E-state index contributed by atoms with van der Waals surface area (Å²) in [5.74, 6) is -1.43. The number of Topliss-reactive ketones (excluding diaryl/α,β-unsaturated/α-hetero) is 1. The van der Waals surface area contributed by atoms with Crippen molar-refractivity contribution in [1.29, 1.82) is 0 Å². The van der Waals surface area contributed by atoms with Crippen molar-refractivity contribution < 1.29 is 23.8 Å². The van der Waals surface area contributed by atoms with Gasteiger partial charge in [0, 0.05) is 40.3 Å². The van der Waals surface area contributed by atoms with E-state index in [1.54, 1.807) is 36.7 Å². The van der Waals surface area contributed by atoms with Gasteiger partial charge < -0.3 is 19.2 Å². The average molecular weight is 495 g/mol. The van der Waals surface area contributed by atoms with E-state index >= 15 is 0 Å². The molecule has 1 aromatic carbocycles. The number of hydrogen-bond acceptors (Lipinski definition) is 7. The van der Waals surface area contributed by atoms with Gasteiger partial charge >= 0.3 is 0 Å². The van der Waals surface area contributed by atoms with Crippen LogP contribution in [0.15, 0.2) is 69.9 Å². The lowest BCUT2D eigenvalue weighted by atomic mass is 9.98. The maximum Gasteiger partial charge on any atom is 0.290 e. The van der Waals surface area contributed by atoms with Gasteiger partial charge in [0.15, 0.2) is 22.9 Å². The first-order valence-corrected chi connectivity index (χ1v) is 11.6. The summed E-state index contributed by atoms with van der Waals surface area (Å²) in [6.07, 6.45) is 3.29. The summed E-state index contributed by atoms with van der Waals surface area (Å²) in [5, 5.41) is 13.8. The Labute approximate surface area is 203 Å². The third-order valence-corrected chi connectivity index (χ3v) is 7.05. The molecule has 0 bridgehead atoms. The van der Waals surface area contributed by atoms with Gasteiger partial charge in [-0.05, 0) is 47.7 Å². The topological polar surface area (TPSA) is 92.9 Å². The molecule has 9 heteroatoms. The fraction of sp³-hybridized carbons (Fsp3) is 0.160. The van der Waals surface area contributed by atoms with Gasteiger partial charge in [-0.25, -0.2) is 0 Å². The number of ketones is 1. The number of methoxy groups -OCH3 is 1. The molecule has 4 heterocycles. The maximum absolute atomic E-state index is 13.7. The molecule has 3 aromatic heterocycles. The second-order valence-corrected chi connectivity index (χ2v) is 9.28. The van der Waals surface area contributed by atoms with Crippen molar-refractivity contribution in [3.8, 4) is 5.75 Å². The number of furan rings is 1. The summed E-state index contributed by atoms with van der Waals surface area (Å²) in [4.78, 5) is 33.3. The minimum atomic E-state index is -0.765. The summed E-state index contributed by atoms with van der Waals surface area (Å²) >= 11 is 7.57. The lowest BCUT2D eigenvalue weighted by Crippen LogP contribution is -2.30. The molecule has 172 valence electrons. The number of halogens is 1. The molecule has 7 nitrogen and oxygen atoms in total. The Bertz CT molecular complexity index is 1460. The first kappa shape index (κ1) is 22.2. The van der Waals surface area contributed by atoms with Crippen LogP contribution in [0, 0.1) is 6.92 Å². The van der Waals surface area contributed by atoms with Gasteiger partial charge in [-0.1, -0.05) is 17.7 Å². The highest BCUT2D eigenvalue weighted by molar-refractivity contribution is 7.10. The number of pyridine rings is 1. The number of rotatable bonds is 6. The molecule has 5 rings (SSSR count). The molecule has 1 aliphatic rings. The number of aryl methyl sites for hydroxylation is 1. The number of carbonyl (C=O) groups excluding carboxylic acids is 2. The van der Waals surface area contributed by atoms with E-state index in [1.807, 2.05) is 24.4 Å². The van der Waals surface area contributed by atoms with Gasteiger partial charge in [-0.3, -0.25) is 14.6 Å². The number of aromatic nitrogens is 1. The predicted octanol–water partition coefficient (Wildman–Crippen LogP) is 5.64. The average Bonchev–Trinajstić information content (AvgIpc) is 3.51. The highest BCUT2D eigenvalue weighted by Crippen LogP contribution is 2.44. The maximum atomic E-state index is 13.7. The Kier molecular flexibility index (Phi) is 5.63. The zero-order valence-corrected chi connectivity index (χ0v) is 19.8. The van der Waals surface area contributed by atoms with Crippen LogP contribution in [0.5, 0.6) is 5.75 Å². The molecule has 0 saturated carbocycles. The zero-order valence-electron chi connectivity index (χ0n) is 18.2. The van der Waals surface area contributed by atoms with Crippen LogP contribution in [0.1, 0.15) is 32.6 Å². The highest BCUT2D eigenvalue weighted by atomic mass is 35.5. The summed E-state index contributed by atoms with van der Waals surface area (Å²) in [7, 11) is 1.48. The molecule has 0 fully saturated rings. The van der Waals surface area contributed by atoms with Crippen LogP contribution in [0.2, 0.25) is 5.02 Å². The Morgan fingerprint density at radius 3 is 2.82 bits per heavy atom. The number of carbonyl (C=O) groups is 2. The van der Waals surface area contributed by atoms with E-state index in [0.29, 0.717) is 21.7 Å². The fourth-order valence-corrected chi connectivity index (χ4v) is 5.42. The third-order valence-electron chi connectivity index (χ3n) is 5.76. The minimum Gasteiger partial charge on any atom is -0.503 e. The third kappa shape index (κ3) is 3.65. The van der Waals surface area contributed by atoms with Crippen LogP contribution in [0.4, 0.5) is 0 Å². The van der Waals surface area contributed by atoms with Crippen LogP contribution in [0.25, 0.3) is 11.0 Å².